The average molecular weight is 365 g/mol. The van der Waals surface area contributed by atoms with Gasteiger partial charge in [-0.3, -0.25) is 4.99 Å². The molecule has 6 nitrogen and oxygen atoms in total. The summed E-state index contributed by atoms with van der Waals surface area (Å²) in [6, 6.07) is 16.3. The summed E-state index contributed by atoms with van der Waals surface area (Å²) in [6.45, 7) is 5.07. The number of nitrogens with zero attached hydrogens (tertiary/aromatic N) is 3. The SMILES string of the molecule is CCOc1ccccc1CNC(=NC)NCCCn1cnc2ccccc21. The Bertz CT molecular complexity index is 887. The number of hydrogen-bond donors (Lipinski definition) is 2. The maximum Gasteiger partial charge on any atom is 0.191 e. The van der Waals surface area contributed by atoms with E-state index in [4.69, 9.17) is 4.74 Å². The molecule has 2 aromatic carbocycles. The third kappa shape index (κ3) is 5.00. The Morgan fingerprint density at radius 3 is 2.78 bits per heavy atom. The molecule has 2 N–H and O–H groups in total. The highest BCUT2D eigenvalue weighted by Gasteiger charge is 2.04. The lowest BCUT2D eigenvalue weighted by atomic mass is 10.2. The fraction of sp³-hybridized carbons (Fsp3) is 0.333. The molecule has 0 radical (unpaired) electrons. The molecule has 0 saturated carbocycles. The fourth-order valence-corrected chi connectivity index (χ4v) is 2.99. The van der Waals surface area contributed by atoms with Gasteiger partial charge in [0.25, 0.3) is 0 Å². The Hall–Kier alpha value is -3.02. The molecule has 6 heteroatoms. The molecule has 1 heterocycles. The molecule has 0 aliphatic heterocycles. The molecule has 0 saturated heterocycles. The highest BCUT2D eigenvalue weighted by Crippen LogP contribution is 2.17. The van der Waals surface area contributed by atoms with Crippen LogP contribution in [0.4, 0.5) is 0 Å². The number of aryl methyl sites for hydroxylation is 1. The van der Waals surface area contributed by atoms with Gasteiger partial charge in [-0.15, -0.1) is 0 Å². The second kappa shape index (κ2) is 9.62. The summed E-state index contributed by atoms with van der Waals surface area (Å²) in [7, 11) is 1.78. The second-order valence-electron chi connectivity index (χ2n) is 6.17. The number of fused-ring (bicyclic) bond motifs is 1. The van der Waals surface area contributed by atoms with E-state index in [-0.39, 0.29) is 0 Å². The zero-order valence-corrected chi connectivity index (χ0v) is 16.0. The molecule has 0 aliphatic rings. The topological polar surface area (TPSA) is 63.5 Å². The molecule has 3 rings (SSSR count). The monoisotopic (exact) mass is 365 g/mol. The van der Waals surface area contributed by atoms with Crippen LogP contribution in [0.2, 0.25) is 0 Å². The Morgan fingerprint density at radius 2 is 1.93 bits per heavy atom. The van der Waals surface area contributed by atoms with Crippen LogP contribution >= 0.6 is 0 Å². The van der Waals surface area contributed by atoms with Crippen molar-refractivity contribution in [3.05, 3.63) is 60.4 Å². The Balaban J connectivity index is 1.46. The van der Waals surface area contributed by atoms with Crippen molar-refractivity contribution in [3.63, 3.8) is 0 Å². The zero-order valence-electron chi connectivity index (χ0n) is 16.0. The summed E-state index contributed by atoms with van der Waals surface area (Å²) in [5, 5.41) is 6.71. The van der Waals surface area contributed by atoms with Gasteiger partial charge < -0.3 is 19.9 Å². The predicted octanol–water partition coefficient (Wildman–Crippen LogP) is 3.19. The van der Waals surface area contributed by atoms with Crippen LogP contribution < -0.4 is 15.4 Å². The van der Waals surface area contributed by atoms with Gasteiger partial charge in [-0.25, -0.2) is 4.98 Å². The molecule has 0 atom stereocenters. The minimum Gasteiger partial charge on any atom is -0.494 e. The van der Waals surface area contributed by atoms with Crippen LogP contribution in [0.3, 0.4) is 0 Å². The number of guanidine groups is 1. The second-order valence-corrected chi connectivity index (χ2v) is 6.17. The van der Waals surface area contributed by atoms with Gasteiger partial charge >= 0.3 is 0 Å². The highest BCUT2D eigenvalue weighted by atomic mass is 16.5. The van der Waals surface area contributed by atoms with Gasteiger partial charge in [0.2, 0.25) is 0 Å². The Kier molecular flexibility index (Phi) is 6.68. The summed E-state index contributed by atoms with van der Waals surface area (Å²) < 4.78 is 7.86. The first-order chi connectivity index (χ1) is 13.3. The molecule has 3 aromatic rings. The molecular weight excluding hydrogens is 338 g/mol. The van der Waals surface area contributed by atoms with Gasteiger partial charge in [0.15, 0.2) is 5.96 Å². The van der Waals surface area contributed by atoms with Crippen LogP contribution in [0.15, 0.2) is 59.9 Å². The molecule has 0 spiro atoms. The molecule has 27 heavy (non-hydrogen) atoms. The number of para-hydroxylation sites is 3. The molecule has 1 aromatic heterocycles. The number of nitrogens with one attached hydrogen (secondary N) is 2. The van der Waals surface area contributed by atoms with Crippen molar-refractivity contribution in [1.29, 1.82) is 0 Å². The zero-order chi connectivity index (χ0) is 18.9. The van der Waals surface area contributed by atoms with Crippen molar-refractivity contribution >= 4 is 17.0 Å². The van der Waals surface area contributed by atoms with E-state index in [0.717, 1.165) is 42.3 Å². The number of ether oxygens (including phenoxy) is 1. The number of benzene rings is 2. The van der Waals surface area contributed by atoms with Crippen LogP contribution in [0, 0.1) is 0 Å². The normalized spacial score (nSPS) is 11.6. The van der Waals surface area contributed by atoms with Gasteiger partial charge in [-0.2, -0.15) is 0 Å². The summed E-state index contributed by atoms with van der Waals surface area (Å²) in [5.41, 5.74) is 3.33. The van der Waals surface area contributed by atoms with E-state index in [1.54, 1.807) is 7.05 Å². The van der Waals surface area contributed by atoms with Gasteiger partial charge in [-0.1, -0.05) is 30.3 Å². The predicted molar refractivity (Wildman–Crippen MR) is 110 cm³/mol. The third-order valence-corrected chi connectivity index (χ3v) is 4.34. The van der Waals surface area contributed by atoms with Crippen molar-refractivity contribution in [2.24, 2.45) is 4.99 Å². The first kappa shape index (κ1) is 18.8. The van der Waals surface area contributed by atoms with Gasteiger partial charge in [0.1, 0.15) is 5.75 Å². The lowest BCUT2D eigenvalue weighted by Gasteiger charge is -2.14. The molecule has 0 fully saturated rings. The van der Waals surface area contributed by atoms with E-state index in [1.165, 1.54) is 5.52 Å². The molecule has 142 valence electrons. The molecule has 0 unspecified atom stereocenters. The summed E-state index contributed by atoms with van der Waals surface area (Å²) in [6.07, 6.45) is 2.89. The first-order valence-electron chi connectivity index (χ1n) is 9.37. The lowest BCUT2D eigenvalue weighted by Crippen LogP contribution is -2.37. The molecule has 0 amide bonds. The third-order valence-electron chi connectivity index (χ3n) is 4.34. The van der Waals surface area contributed by atoms with E-state index >= 15 is 0 Å². The van der Waals surface area contributed by atoms with E-state index in [1.807, 2.05) is 49.6 Å². The fourth-order valence-electron chi connectivity index (χ4n) is 2.99. The van der Waals surface area contributed by atoms with E-state index in [2.05, 4.69) is 37.3 Å². The average Bonchev–Trinajstić information content (AvgIpc) is 3.12. The minimum absolute atomic E-state index is 0.660. The molecular formula is C21H27N5O. The van der Waals surface area contributed by atoms with Crippen molar-refractivity contribution in [1.82, 2.24) is 20.2 Å². The molecule has 0 bridgehead atoms. The largest absolute Gasteiger partial charge is 0.494 e. The van der Waals surface area contributed by atoms with Gasteiger partial charge in [0, 0.05) is 32.2 Å². The lowest BCUT2D eigenvalue weighted by molar-refractivity contribution is 0.336. The molecule has 0 aliphatic carbocycles. The van der Waals surface area contributed by atoms with Gasteiger partial charge in [-0.05, 0) is 31.5 Å². The maximum absolute atomic E-state index is 5.67. The van der Waals surface area contributed by atoms with Crippen molar-refractivity contribution in [2.75, 3.05) is 20.2 Å². The smallest absolute Gasteiger partial charge is 0.191 e. The summed E-state index contributed by atoms with van der Waals surface area (Å²) in [5.74, 6) is 1.70. The standard InChI is InChI=1S/C21H27N5O/c1-3-27-20-12-7-4-9-17(20)15-24-21(22-2)23-13-8-14-26-16-25-18-10-5-6-11-19(18)26/h4-7,9-12,16H,3,8,13-15H2,1-2H3,(H2,22,23,24). The van der Waals surface area contributed by atoms with Crippen molar-refractivity contribution in [2.45, 2.75) is 26.4 Å². The van der Waals surface area contributed by atoms with Crippen molar-refractivity contribution < 1.29 is 4.74 Å². The van der Waals surface area contributed by atoms with Gasteiger partial charge in [0.05, 0.1) is 24.0 Å². The quantitative estimate of drug-likeness (QED) is 0.366. The highest BCUT2D eigenvalue weighted by molar-refractivity contribution is 5.79. The van der Waals surface area contributed by atoms with Crippen molar-refractivity contribution in [3.8, 4) is 5.75 Å². The van der Waals surface area contributed by atoms with E-state index in [0.29, 0.717) is 13.2 Å². The number of aromatic nitrogens is 2. The van der Waals surface area contributed by atoms with E-state index in [9.17, 15) is 0 Å². The van der Waals surface area contributed by atoms with E-state index < -0.39 is 0 Å². The van der Waals surface area contributed by atoms with Crippen LogP contribution in [0.25, 0.3) is 11.0 Å². The summed E-state index contributed by atoms with van der Waals surface area (Å²) in [4.78, 5) is 8.73. The number of imidazole rings is 1. The number of hydrogen-bond acceptors (Lipinski definition) is 3. The Morgan fingerprint density at radius 1 is 1.11 bits per heavy atom. The first-order valence-corrected chi connectivity index (χ1v) is 9.37. The van der Waals surface area contributed by atoms with Crippen LogP contribution in [0.1, 0.15) is 18.9 Å². The minimum atomic E-state index is 0.660. The van der Waals surface area contributed by atoms with Crippen LogP contribution in [-0.2, 0) is 13.1 Å². The number of rotatable bonds is 8. The Labute approximate surface area is 160 Å². The van der Waals surface area contributed by atoms with Crippen LogP contribution in [0.5, 0.6) is 5.75 Å². The summed E-state index contributed by atoms with van der Waals surface area (Å²) >= 11 is 0. The maximum atomic E-state index is 5.67. The van der Waals surface area contributed by atoms with Crippen LogP contribution in [-0.4, -0.2) is 35.7 Å². The number of aliphatic imine (C=N–C) groups is 1.